The lowest BCUT2D eigenvalue weighted by Gasteiger charge is -2.12. The second-order valence-corrected chi connectivity index (χ2v) is 13.3. The van der Waals surface area contributed by atoms with Gasteiger partial charge >= 0.3 is 0 Å². The molecular formula is C45H27NS. The quantitative estimate of drug-likeness (QED) is 0.181. The normalized spacial score (nSPS) is 11.8. The van der Waals surface area contributed by atoms with E-state index in [0.717, 1.165) is 16.8 Å². The van der Waals surface area contributed by atoms with Crippen LogP contribution in [0.3, 0.4) is 0 Å². The van der Waals surface area contributed by atoms with Crippen LogP contribution in [0.25, 0.3) is 96.9 Å². The lowest BCUT2D eigenvalue weighted by molar-refractivity contribution is 1.43. The number of aromatic nitrogens is 1. The molecule has 2 heteroatoms. The third-order valence-electron chi connectivity index (χ3n) is 9.62. The summed E-state index contributed by atoms with van der Waals surface area (Å²) in [5.74, 6) is 0. The smallest absolute Gasteiger partial charge is 0.0788 e. The van der Waals surface area contributed by atoms with Gasteiger partial charge in [0.15, 0.2) is 0 Å². The van der Waals surface area contributed by atoms with E-state index in [1.54, 1.807) is 0 Å². The Morgan fingerprint density at radius 2 is 1.06 bits per heavy atom. The Kier molecular flexibility index (Phi) is 5.81. The molecule has 218 valence electrons. The molecule has 2 heterocycles. The van der Waals surface area contributed by atoms with E-state index in [1.165, 1.54) is 80.1 Å². The van der Waals surface area contributed by atoms with Crippen molar-refractivity contribution in [2.24, 2.45) is 0 Å². The summed E-state index contributed by atoms with van der Waals surface area (Å²) >= 11 is 1.89. The first kappa shape index (κ1) is 26.4. The van der Waals surface area contributed by atoms with E-state index in [0.29, 0.717) is 0 Å². The Morgan fingerprint density at radius 3 is 1.96 bits per heavy atom. The number of hydrogen-bond donors (Lipinski definition) is 0. The molecule has 10 rings (SSSR count). The Morgan fingerprint density at radius 1 is 0.383 bits per heavy atom. The molecule has 0 saturated heterocycles. The Balaban J connectivity index is 1.17. The van der Waals surface area contributed by atoms with Crippen molar-refractivity contribution < 1.29 is 0 Å². The van der Waals surface area contributed by atoms with Gasteiger partial charge in [0.05, 0.1) is 11.2 Å². The first-order valence-corrected chi connectivity index (χ1v) is 16.9. The molecular weight excluding hydrogens is 587 g/mol. The molecule has 8 aromatic carbocycles. The summed E-state index contributed by atoms with van der Waals surface area (Å²) in [5.41, 5.74) is 8.17. The van der Waals surface area contributed by atoms with Crippen molar-refractivity contribution in [2.75, 3.05) is 0 Å². The van der Waals surface area contributed by atoms with E-state index in [1.807, 2.05) is 11.3 Å². The van der Waals surface area contributed by atoms with Crippen LogP contribution in [-0.2, 0) is 0 Å². The second kappa shape index (κ2) is 10.3. The van der Waals surface area contributed by atoms with Gasteiger partial charge < -0.3 is 0 Å². The molecule has 0 N–H and O–H groups in total. The molecule has 0 atom stereocenters. The number of para-hydroxylation sites is 1. The number of fused-ring (bicyclic) bond motifs is 10. The van der Waals surface area contributed by atoms with Crippen molar-refractivity contribution in [3.05, 3.63) is 164 Å². The first-order valence-electron chi connectivity index (χ1n) is 16.0. The maximum Gasteiger partial charge on any atom is 0.0788 e. The first-order chi connectivity index (χ1) is 23.3. The van der Waals surface area contributed by atoms with E-state index in [-0.39, 0.29) is 0 Å². The summed E-state index contributed by atoms with van der Waals surface area (Å²) in [4.78, 5) is 5.16. The largest absolute Gasteiger partial charge is 0.247 e. The van der Waals surface area contributed by atoms with Crippen molar-refractivity contribution in [1.29, 1.82) is 0 Å². The van der Waals surface area contributed by atoms with Crippen LogP contribution in [0.4, 0.5) is 0 Å². The minimum atomic E-state index is 1.03. The third-order valence-corrected chi connectivity index (χ3v) is 10.8. The third kappa shape index (κ3) is 4.12. The average molecular weight is 614 g/mol. The fourth-order valence-corrected chi connectivity index (χ4v) is 8.67. The van der Waals surface area contributed by atoms with E-state index in [4.69, 9.17) is 4.98 Å². The van der Waals surface area contributed by atoms with E-state index >= 15 is 0 Å². The topological polar surface area (TPSA) is 12.9 Å². The zero-order valence-electron chi connectivity index (χ0n) is 25.4. The highest BCUT2D eigenvalue weighted by Gasteiger charge is 2.17. The summed E-state index contributed by atoms with van der Waals surface area (Å²) < 4.78 is 2.62. The van der Waals surface area contributed by atoms with Gasteiger partial charge in [-0.3, -0.25) is 0 Å². The van der Waals surface area contributed by atoms with Crippen LogP contribution in [0.2, 0.25) is 0 Å². The zero-order valence-corrected chi connectivity index (χ0v) is 26.3. The van der Waals surface area contributed by atoms with Gasteiger partial charge in [-0.15, -0.1) is 11.3 Å². The van der Waals surface area contributed by atoms with Gasteiger partial charge in [0, 0.05) is 41.9 Å². The summed E-state index contributed by atoms with van der Waals surface area (Å²) in [5, 5.41) is 11.4. The Bertz CT molecular complexity index is 2840. The summed E-state index contributed by atoms with van der Waals surface area (Å²) in [6.45, 7) is 0. The van der Waals surface area contributed by atoms with Gasteiger partial charge in [-0.1, -0.05) is 133 Å². The molecule has 0 amide bonds. The molecule has 0 unspecified atom stereocenters. The molecule has 0 saturated carbocycles. The number of thiophene rings is 1. The van der Waals surface area contributed by atoms with Gasteiger partial charge in [0.2, 0.25) is 0 Å². The van der Waals surface area contributed by atoms with Crippen molar-refractivity contribution in [3.63, 3.8) is 0 Å². The highest BCUT2D eigenvalue weighted by atomic mass is 32.1. The van der Waals surface area contributed by atoms with Gasteiger partial charge in [-0.2, -0.15) is 0 Å². The van der Waals surface area contributed by atoms with E-state index < -0.39 is 0 Å². The van der Waals surface area contributed by atoms with Crippen LogP contribution in [0.5, 0.6) is 0 Å². The molecule has 0 spiro atoms. The van der Waals surface area contributed by atoms with Gasteiger partial charge in [-0.05, 0) is 74.1 Å². The second-order valence-electron chi connectivity index (χ2n) is 12.3. The summed E-state index contributed by atoms with van der Waals surface area (Å²) in [6.07, 6.45) is 0. The van der Waals surface area contributed by atoms with Crippen molar-refractivity contribution in [2.45, 2.75) is 0 Å². The molecule has 0 radical (unpaired) electrons. The van der Waals surface area contributed by atoms with Crippen molar-refractivity contribution in [3.8, 4) is 33.5 Å². The fraction of sp³-hybridized carbons (Fsp3) is 0. The monoisotopic (exact) mass is 613 g/mol. The number of hydrogen-bond acceptors (Lipinski definition) is 2. The summed E-state index contributed by atoms with van der Waals surface area (Å²) in [6, 6.07) is 59.6. The van der Waals surface area contributed by atoms with Crippen LogP contribution in [0.1, 0.15) is 0 Å². The van der Waals surface area contributed by atoms with Crippen molar-refractivity contribution >= 4 is 74.7 Å². The fourth-order valence-electron chi connectivity index (χ4n) is 7.42. The van der Waals surface area contributed by atoms with E-state index in [9.17, 15) is 0 Å². The van der Waals surface area contributed by atoms with Crippen LogP contribution in [0, 0.1) is 0 Å². The van der Waals surface area contributed by atoms with Gasteiger partial charge in [0.25, 0.3) is 0 Å². The molecule has 0 aliphatic carbocycles. The highest BCUT2D eigenvalue weighted by Crippen LogP contribution is 2.44. The highest BCUT2D eigenvalue weighted by molar-refractivity contribution is 7.26. The van der Waals surface area contributed by atoms with Crippen LogP contribution < -0.4 is 0 Å². The maximum absolute atomic E-state index is 5.16. The maximum atomic E-state index is 5.16. The molecule has 47 heavy (non-hydrogen) atoms. The Hall–Kier alpha value is -5.83. The van der Waals surface area contributed by atoms with Gasteiger partial charge in [0.1, 0.15) is 0 Å². The molecule has 0 aliphatic rings. The lowest BCUT2D eigenvalue weighted by Crippen LogP contribution is -1.89. The number of nitrogens with zero attached hydrogens (tertiary/aromatic N) is 1. The molecule has 0 bridgehead atoms. The minimum absolute atomic E-state index is 1.03. The zero-order chi connectivity index (χ0) is 30.9. The molecule has 1 nitrogen and oxygen atoms in total. The number of pyridine rings is 1. The van der Waals surface area contributed by atoms with E-state index in [2.05, 4.69) is 164 Å². The standard InChI is InChI=1S/C45H27NS/c1-2-11-28(12-3-1)44-38-23-22-36-40-26-30(21-24-42(40)47-45(36)43(38)37-19-8-9-20-41(37)46-44)29-14-10-15-31(25-29)39-27-32-13-4-5-16-33(32)34-17-6-7-18-35(34)39/h1-27H. The minimum Gasteiger partial charge on any atom is -0.247 e. The van der Waals surface area contributed by atoms with Crippen LogP contribution >= 0.6 is 11.3 Å². The average Bonchev–Trinajstić information content (AvgIpc) is 3.53. The number of rotatable bonds is 3. The van der Waals surface area contributed by atoms with Crippen molar-refractivity contribution in [1.82, 2.24) is 4.98 Å². The predicted molar refractivity (Wildman–Crippen MR) is 203 cm³/mol. The Labute approximate surface area is 276 Å². The van der Waals surface area contributed by atoms with Crippen LogP contribution in [-0.4, -0.2) is 4.98 Å². The number of benzene rings is 8. The molecule has 2 aromatic heterocycles. The SMILES string of the molecule is c1ccc(-c2nc3ccccc3c3c2ccc2c4cc(-c5cccc(-c6cc7ccccc7c7ccccc67)c5)ccc4sc23)cc1. The summed E-state index contributed by atoms with van der Waals surface area (Å²) in [7, 11) is 0. The molecule has 0 fully saturated rings. The predicted octanol–water partition coefficient (Wildman–Crippen LogP) is 13.1. The lowest BCUT2D eigenvalue weighted by atomic mass is 9.91. The molecule has 10 aromatic rings. The van der Waals surface area contributed by atoms with Gasteiger partial charge in [-0.25, -0.2) is 4.98 Å². The van der Waals surface area contributed by atoms with Crippen LogP contribution in [0.15, 0.2) is 164 Å². The molecule has 0 aliphatic heterocycles.